The van der Waals surface area contributed by atoms with E-state index >= 15 is 0 Å². The van der Waals surface area contributed by atoms with Crippen molar-refractivity contribution in [1.29, 1.82) is 0 Å². The van der Waals surface area contributed by atoms with Gasteiger partial charge in [-0.05, 0) is 55.3 Å². The largest absolute Gasteiger partial charge is 0.481 e. The van der Waals surface area contributed by atoms with Gasteiger partial charge in [0, 0.05) is 18.3 Å². The van der Waals surface area contributed by atoms with Crippen molar-refractivity contribution < 1.29 is 31.5 Å². The molecule has 0 saturated carbocycles. The maximum Gasteiger partial charge on any atom is 0.416 e. The van der Waals surface area contributed by atoms with Gasteiger partial charge in [0.15, 0.2) is 0 Å². The standard InChI is InChI=1S/C18H15F3N2O4S/c19-18(20,21)12-6-8-14(9-7-12)28(26,27)23-13(3-1-5-17(24)25)11-15-16(23)4-2-10-22-15/h2,4,6-11H,1,3,5H2,(H,24,25). The van der Waals surface area contributed by atoms with Crippen LogP contribution in [0.15, 0.2) is 53.6 Å². The molecule has 28 heavy (non-hydrogen) atoms. The second-order valence-corrected chi connectivity index (χ2v) is 7.87. The lowest BCUT2D eigenvalue weighted by atomic mass is 10.2. The number of aromatic nitrogens is 2. The summed E-state index contributed by atoms with van der Waals surface area (Å²) in [7, 11) is -4.20. The number of aryl methyl sites for hydroxylation is 1. The van der Waals surface area contributed by atoms with Crippen LogP contribution >= 0.6 is 0 Å². The SMILES string of the molecule is O=C(O)CCCc1cc2ncccc2n1S(=O)(=O)c1ccc(C(F)(F)F)cc1. The Morgan fingerprint density at radius 3 is 2.43 bits per heavy atom. The lowest BCUT2D eigenvalue weighted by Gasteiger charge is -2.13. The third-order valence-corrected chi connectivity index (χ3v) is 5.92. The minimum Gasteiger partial charge on any atom is -0.481 e. The normalized spacial score (nSPS) is 12.4. The summed E-state index contributed by atoms with van der Waals surface area (Å²) in [5.41, 5.74) is 0.0260. The molecule has 1 aromatic carbocycles. The molecule has 0 spiro atoms. The average Bonchev–Trinajstić information content (AvgIpc) is 2.99. The van der Waals surface area contributed by atoms with E-state index in [9.17, 15) is 26.4 Å². The van der Waals surface area contributed by atoms with Crippen LogP contribution in [0.2, 0.25) is 0 Å². The van der Waals surface area contributed by atoms with Crippen LogP contribution in [0, 0.1) is 0 Å². The zero-order chi connectivity index (χ0) is 20.5. The fourth-order valence-corrected chi connectivity index (χ4v) is 4.42. The highest BCUT2D eigenvalue weighted by molar-refractivity contribution is 7.90. The Morgan fingerprint density at radius 2 is 1.82 bits per heavy atom. The monoisotopic (exact) mass is 412 g/mol. The van der Waals surface area contributed by atoms with Gasteiger partial charge in [-0.3, -0.25) is 9.78 Å². The smallest absolute Gasteiger partial charge is 0.416 e. The lowest BCUT2D eigenvalue weighted by molar-refractivity contribution is -0.138. The number of benzene rings is 1. The number of rotatable bonds is 6. The Hall–Kier alpha value is -2.88. The van der Waals surface area contributed by atoms with Gasteiger partial charge < -0.3 is 5.11 Å². The number of halogens is 3. The van der Waals surface area contributed by atoms with E-state index in [4.69, 9.17) is 5.11 Å². The molecule has 3 rings (SSSR count). The molecule has 3 aromatic rings. The lowest BCUT2D eigenvalue weighted by Crippen LogP contribution is -2.16. The van der Waals surface area contributed by atoms with Crippen LogP contribution < -0.4 is 0 Å². The average molecular weight is 412 g/mol. The number of hydrogen-bond donors (Lipinski definition) is 1. The molecular weight excluding hydrogens is 397 g/mol. The first-order valence-corrected chi connectivity index (χ1v) is 9.64. The van der Waals surface area contributed by atoms with Crippen molar-refractivity contribution in [2.24, 2.45) is 0 Å². The molecule has 0 aliphatic rings. The number of carboxylic acid groups (broad SMARTS) is 1. The van der Waals surface area contributed by atoms with Gasteiger partial charge in [-0.15, -0.1) is 0 Å². The van der Waals surface area contributed by atoms with E-state index in [1.54, 1.807) is 12.1 Å². The Kier molecular flexibility index (Phi) is 5.16. The van der Waals surface area contributed by atoms with E-state index in [1.165, 1.54) is 12.3 Å². The molecule has 0 amide bonds. The van der Waals surface area contributed by atoms with E-state index in [-0.39, 0.29) is 29.7 Å². The van der Waals surface area contributed by atoms with Crippen LogP contribution in [-0.4, -0.2) is 28.5 Å². The summed E-state index contributed by atoms with van der Waals surface area (Å²) in [4.78, 5) is 14.6. The highest BCUT2D eigenvalue weighted by Gasteiger charge is 2.31. The predicted molar refractivity (Wildman–Crippen MR) is 94.3 cm³/mol. The number of carboxylic acids is 1. The summed E-state index contributed by atoms with van der Waals surface area (Å²) >= 11 is 0. The first-order valence-electron chi connectivity index (χ1n) is 8.20. The molecular formula is C18H15F3N2O4S. The maximum atomic E-state index is 13.1. The van der Waals surface area contributed by atoms with Crippen molar-refractivity contribution in [3.05, 3.63) is 59.9 Å². The van der Waals surface area contributed by atoms with Crippen LogP contribution in [-0.2, 0) is 27.4 Å². The summed E-state index contributed by atoms with van der Waals surface area (Å²) in [5.74, 6) is -1.01. The molecule has 0 radical (unpaired) electrons. The maximum absolute atomic E-state index is 13.1. The van der Waals surface area contributed by atoms with Crippen molar-refractivity contribution in [2.75, 3.05) is 0 Å². The highest BCUT2D eigenvalue weighted by Crippen LogP contribution is 2.31. The molecule has 1 N–H and O–H groups in total. The molecule has 0 fully saturated rings. The van der Waals surface area contributed by atoms with Gasteiger partial charge >= 0.3 is 12.1 Å². The molecule has 10 heteroatoms. The Bertz CT molecular complexity index is 1120. The number of nitrogens with zero attached hydrogens (tertiary/aromatic N) is 2. The number of aliphatic carboxylic acids is 1. The van der Waals surface area contributed by atoms with Crippen LogP contribution in [0.4, 0.5) is 13.2 Å². The number of carbonyl (C=O) groups is 1. The highest BCUT2D eigenvalue weighted by atomic mass is 32.2. The summed E-state index contributed by atoms with van der Waals surface area (Å²) in [6.07, 6.45) is -2.88. The topological polar surface area (TPSA) is 89.3 Å². The molecule has 0 aliphatic carbocycles. The second-order valence-electron chi connectivity index (χ2n) is 6.08. The van der Waals surface area contributed by atoms with E-state index < -0.39 is 27.7 Å². The number of pyridine rings is 1. The van der Waals surface area contributed by atoms with Gasteiger partial charge in [-0.2, -0.15) is 13.2 Å². The van der Waals surface area contributed by atoms with Gasteiger partial charge in [-0.1, -0.05) is 0 Å². The quantitative estimate of drug-likeness (QED) is 0.667. The number of fused-ring (bicyclic) bond motifs is 1. The minimum absolute atomic E-state index is 0.144. The molecule has 0 aliphatic heterocycles. The fraction of sp³-hybridized carbons (Fsp3) is 0.222. The molecule has 2 aromatic heterocycles. The molecule has 6 nitrogen and oxygen atoms in total. The van der Waals surface area contributed by atoms with Gasteiger partial charge in [0.05, 0.1) is 21.5 Å². The van der Waals surface area contributed by atoms with Crippen LogP contribution in [0.5, 0.6) is 0 Å². The zero-order valence-corrected chi connectivity index (χ0v) is 15.2. The Labute approximate surface area is 158 Å². The van der Waals surface area contributed by atoms with Crippen LogP contribution in [0.1, 0.15) is 24.1 Å². The summed E-state index contributed by atoms with van der Waals surface area (Å²) < 4.78 is 65.5. The van der Waals surface area contributed by atoms with Crippen LogP contribution in [0.3, 0.4) is 0 Å². The van der Waals surface area contributed by atoms with E-state index in [2.05, 4.69) is 4.98 Å². The zero-order valence-electron chi connectivity index (χ0n) is 14.3. The van der Waals surface area contributed by atoms with Gasteiger partial charge in [0.2, 0.25) is 0 Å². The van der Waals surface area contributed by atoms with Crippen molar-refractivity contribution in [1.82, 2.24) is 8.96 Å². The first-order chi connectivity index (χ1) is 13.1. The first kappa shape index (κ1) is 19.9. The summed E-state index contributed by atoms with van der Waals surface area (Å²) in [6, 6.07) is 7.84. The fourth-order valence-electron chi connectivity index (χ4n) is 2.86. The van der Waals surface area contributed by atoms with E-state index in [0.717, 1.165) is 16.1 Å². The van der Waals surface area contributed by atoms with Crippen molar-refractivity contribution in [2.45, 2.75) is 30.3 Å². The summed E-state index contributed by atoms with van der Waals surface area (Å²) in [5, 5.41) is 8.80. The second kappa shape index (κ2) is 7.27. The minimum atomic E-state index is -4.58. The Balaban J connectivity index is 2.08. The van der Waals surface area contributed by atoms with E-state index in [0.29, 0.717) is 23.3 Å². The summed E-state index contributed by atoms with van der Waals surface area (Å²) in [6.45, 7) is 0. The molecule has 0 atom stereocenters. The Morgan fingerprint density at radius 1 is 1.14 bits per heavy atom. The van der Waals surface area contributed by atoms with Crippen molar-refractivity contribution in [3.63, 3.8) is 0 Å². The molecule has 148 valence electrons. The van der Waals surface area contributed by atoms with Crippen molar-refractivity contribution in [3.8, 4) is 0 Å². The van der Waals surface area contributed by atoms with E-state index in [1.807, 2.05) is 0 Å². The van der Waals surface area contributed by atoms with Crippen molar-refractivity contribution >= 4 is 27.0 Å². The molecule has 2 heterocycles. The number of alkyl halides is 3. The van der Waals surface area contributed by atoms with Gasteiger partial charge in [0.1, 0.15) is 0 Å². The van der Waals surface area contributed by atoms with Gasteiger partial charge in [0.25, 0.3) is 10.0 Å². The predicted octanol–water partition coefficient (Wildman–Crippen LogP) is 3.70. The van der Waals surface area contributed by atoms with Gasteiger partial charge in [-0.25, -0.2) is 12.4 Å². The molecule has 0 unspecified atom stereocenters. The molecule has 0 saturated heterocycles. The van der Waals surface area contributed by atoms with Crippen LogP contribution in [0.25, 0.3) is 11.0 Å². The third kappa shape index (κ3) is 3.86. The molecule has 0 bridgehead atoms. The third-order valence-electron chi connectivity index (χ3n) is 4.14. The number of hydrogen-bond acceptors (Lipinski definition) is 4.